The zero-order valence-corrected chi connectivity index (χ0v) is 14.3. The van der Waals surface area contributed by atoms with Gasteiger partial charge in [-0.2, -0.15) is 4.98 Å². The number of oxazole rings is 1. The highest BCUT2D eigenvalue weighted by Crippen LogP contribution is 2.28. The minimum absolute atomic E-state index is 0.0980. The lowest BCUT2D eigenvalue weighted by Crippen LogP contribution is -2.27. The van der Waals surface area contributed by atoms with Crippen LogP contribution in [0.3, 0.4) is 0 Å². The van der Waals surface area contributed by atoms with Crippen molar-refractivity contribution in [3.05, 3.63) is 11.5 Å². The zero-order valence-electron chi connectivity index (χ0n) is 13.6. The van der Waals surface area contributed by atoms with Gasteiger partial charge in [-0.1, -0.05) is 32.4 Å². The topological polar surface area (TPSA) is 90.7 Å². The first-order chi connectivity index (χ1) is 9.94. The zero-order chi connectivity index (χ0) is 17.1. The number of hydrogen-bond donors (Lipinski definition) is 1. The van der Waals surface area contributed by atoms with E-state index in [-0.39, 0.29) is 17.8 Å². The van der Waals surface area contributed by atoms with Crippen LogP contribution in [0.5, 0.6) is 0 Å². The van der Waals surface area contributed by atoms with Crippen LogP contribution < -0.4 is 5.32 Å². The molecule has 1 aromatic rings. The second kappa shape index (κ2) is 6.56. The molecule has 0 saturated carbocycles. The van der Waals surface area contributed by atoms with Crippen LogP contribution in [0.2, 0.25) is 0 Å². The van der Waals surface area contributed by atoms with Crippen molar-refractivity contribution in [2.24, 2.45) is 0 Å². The summed E-state index contributed by atoms with van der Waals surface area (Å²) < 4.78 is 15.1. The summed E-state index contributed by atoms with van der Waals surface area (Å²) >= 11 is 5.38. The summed E-state index contributed by atoms with van der Waals surface area (Å²) in [6.07, 6.45) is -0.730. The molecule has 124 valence electrons. The lowest BCUT2D eigenvalue weighted by atomic mass is 9.91. The summed E-state index contributed by atoms with van der Waals surface area (Å²) in [5.74, 6) is -0.844. The van der Waals surface area contributed by atoms with Gasteiger partial charge in [-0.25, -0.2) is 14.9 Å². The normalized spacial score (nSPS) is 12.0. The first-order valence-electron chi connectivity index (χ1n) is 6.68. The SMILES string of the molecule is CC(C)(C)OC(=O)Nc1nc(C(C)(C)C)c(C(=O)OCCl)o1. The van der Waals surface area contributed by atoms with Gasteiger partial charge >= 0.3 is 18.1 Å². The molecule has 1 rings (SSSR count). The number of carbonyl (C=O) groups excluding carboxylic acids is 2. The average molecular weight is 333 g/mol. The number of anilines is 1. The second-order valence-corrected chi connectivity index (χ2v) is 6.83. The molecule has 0 atom stereocenters. The highest BCUT2D eigenvalue weighted by Gasteiger charge is 2.31. The number of aromatic nitrogens is 1. The molecule has 1 amide bonds. The summed E-state index contributed by atoms with van der Waals surface area (Å²) in [7, 11) is 0. The van der Waals surface area contributed by atoms with E-state index in [1.54, 1.807) is 20.8 Å². The van der Waals surface area contributed by atoms with E-state index in [4.69, 9.17) is 25.5 Å². The molecule has 0 fully saturated rings. The third kappa shape index (κ3) is 5.22. The molecule has 0 radical (unpaired) electrons. The Kier molecular flexibility index (Phi) is 5.45. The van der Waals surface area contributed by atoms with Gasteiger partial charge in [-0.15, -0.1) is 0 Å². The fraction of sp³-hybridized carbons (Fsp3) is 0.643. The molecule has 0 aliphatic rings. The molecule has 1 heterocycles. The molecule has 7 nitrogen and oxygen atoms in total. The molecule has 0 unspecified atom stereocenters. The van der Waals surface area contributed by atoms with Crippen LogP contribution in [-0.4, -0.2) is 28.7 Å². The third-order valence-electron chi connectivity index (χ3n) is 2.32. The van der Waals surface area contributed by atoms with E-state index >= 15 is 0 Å². The van der Waals surface area contributed by atoms with Crippen LogP contribution in [0.4, 0.5) is 10.8 Å². The first kappa shape index (κ1) is 18.3. The molecule has 0 spiro atoms. The number of ether oxygens (including phenoxy) is 2. The quantitative estimate of drug-likeness (QED) is 0.670. The van der Waals surface area contributed by atoms with E-state index in [9.17, 15) is 9.59 Å². The maximum absolute atomic E-state index is 11.9. The number of nitrogens with one attached hydrogen (secondary N) is 1. The van der Waals surface area contributed by atoms with Crippen LogP contribution in [0.15, 0.2) is 4.42 Å². The summed E-state index contributed by atoms with van der Waals surface area (Å²) in [5.41, 5.74) is -0.796. The highest BCUT2D eigenvalue weighted by molar-refractivity contribution is 6.17. The van der Waals surface area contributed by atoms with Crippen molar-refractivity contribution in [3.8, 4) is 0 Å². The molecule has 0 aliphatic heterocycles. The standard InChI is InChI=1S/C14H21ClN2O5/c1-13(2,3)9-8(10(18)20-7-15)21-11(16-9)17-12(19)22-14(4,5)6/h7H2,1-6H3,(H,16,17,19). The smallest absolute Gasteiger partial charge is 0.415 e. The van der Waals surface area contributed by atoms with Crippen LogP contribution >= 0.6 is 11.6 Å². The minimum Gasteiger partial charge on any atom is -0.443 e. The van der Waals surface area contributed by atoms with Crippen LogP contribution in [0, 0.1) is 0 Å². The van der Waals surface area contributed by atoms with Crippen molar-refractivity contribution in [3.63, 3.8) is 0 Å². The summed E-state index contributed by atoms with van der Waals surface area (Å²) in [4.78, 5) is 27.7. The number of alkyl halides is 1. The Morgan fingerprint density at radius 3 is 2.27 bits per heavy atom. The monoisotopic (exact) mass is 332 g/mol. The Labute approximate surface area is 134 Å². The van der Waals surface area contributed by atoms with E-state index in [1.165, 1.54) is 0 Å². The molecule has 0 aliphatic carbocycles. The Hall–Kier alpha value is -1.76. The van der Waals surface area contributed by atoms with E-state index in [0.29, 0.717) is 5.69 Å². The average Bonchev–Trinajstić information content (AvgIpc) is 2.70. The van der Waals surface area contributed by atoms with Crippen molar-refractivity contribution in [1.29, 1.82) is 0 Å². The van der Waals surface area contributed by atoms with E-state index in [2.05, 4.69) is 10.3 Å². The number of carbonyl (C=O) groups is 2. The lowest BCUT2D eigenvalue weighted by Gasteiger charge is -2.18. The maximum Gasteiger partial charge on any atom is 0.415 e. The minimum atomic E-state index is -0.746. The fourth-order valence-corrected chi connectivity index (χ4v) is 1.63. The van der Waals surface area contributed by atoms with E-state index in [1.807, 2.05) is 20.8 Å². The highest BCUT2D eigenvalue weighted by atomic mass is 35.5. The van der Waals surface area contributed by atoms with Gasteiger partial charge in [0, 0.05) is 5.41 Å². The second-order valence-electron chi connectivity index (χ2n) is 6.61. The molecule has 0 bridgehead atoms. The molecule has 0 saturated heterocycles. The van der Waals surface area contributed by atoms with Gasteiger partial charge in [0.2, 0.25) is 5.76 Å². The first-order valence-corrected chi connectivity index (χ1v) is 7.22. The summed E-state index contributed by atoms with van der Waals surface area (Å²) in [6.45, 7) is 10.7. The van der Waals surface area contributed by atoms with Crippen LogP contribution in [0.1, 0.15) is 57.8 Å². The van der Waals surface area contributed by atoms with Gasteiger partial charge in [0.1, 0.15) is 11.3 Å². The fourth-order valence-electron chi connectivity index (χ4n) is 1.53. The number of rotatable bonds is 3. The summed E-state index contributed by atoms with van der Waals surface area (Å²) in [6, 6.07) is -0.446. The van der Waals surface area contributed by atoms with Crippen molar-refractivity contribution in [2.75, 3.05) is 11.4 Å². The van der Waals surface area contributed by atoms with Gasteiger partial charge in [0.15, 0.2) is 6.07 Å². The molecular weight excluding hydrogens is 312 g/mol. The van der Waals surface area contributed by atoms with Gasteiger partial charge in [-0.05, 0) is 20.8 Å². The molecule has 0 aromatic carbocycles. The molecular formula is C14H21ClN2O5. The van der Waals surface area contributed by atoms with Crippen LogP contribution in [-0.2, 0) is 14.9 Å². The Morgan fingerprint density at radius 2 is 1.82 bits per heavy atom. The number of esters is 1. The van der Waals surface area contributed by atoms with Gasteiger partial charge < -0.3 is 13.9 Å². The number of halogens is 1. The maximum atomic E-state index is 11.9. The Morgan fingerprint density at radius 1 is 1.23 bits per heavy atom. The van der Waals surface area contributed by atoms with Crippen molar-refractivity contribution >= 4 is 29.7 Å². The molecule has 8 heteroatoms. The predicted molar refractivity (Wildman–Crippen MR) is 81.2 cm³/mol. The van der Waals surface area contributed by atoms with Gasteiger partial charge in [0.05, 0.1) is 0 Å². The van der Waals surface area contributed by atoms with E-state index in [0.717, 1.165) is 0 Å². The number of hydrogen-bond acceptors (Lipinski definition) is 6. The molecule has 1 N–H and O–H groups in total. The molecule has 22 heavy (non-hydrogen) atoms. The van der Waals surface area contributed by atoms with Crippen molar-refractivity contribution in [1.82, 2.24) is 4.98 Å². The van der Waals surface area contributed by atoms with E-state index < -0.39 is 23.1 Å². The largest absolute Gasteiger partial charge is 0.443 e. The van der Waals surface area contributed by atoms with Crippen molar-refractivity contribution in [2.45, 2.75) is 52.6 Å². The van der Waals surface area contributed by atoms with Crippen molar-refractivity contribution < 1.29 is 23.5 Å². The molecule has 1 aromatic heterocycles. The Balaban J connectivity index is 3.03. The number of nitrogens with zero attached hydrogens (tertiary/aromatic N) is 1. The third-order valence-corrected chi connectivity index (χ3v) is 2.43. The predicted octanol–water partition coefficient (Wildman–Crippen LogP) is 3.67. The lowest BCUT2D eigenvalue weighted by molar-refractivity contribution is 0.0530. The number of amides is 1. The van der Waals surface area contributed by atoms with Crippen LogP contribution in [0.25, 0.3) is 0 Å². The Bertz CT molecular complexity index is 555. The van der Waals surface area contributed by atoms with Gasteiger partial charge in [0.25, 0.3) is 0 Å². The summed E-state index contributed by atoms with van der Waals surface area (Å²) in [5, 5.41) is 2.35. The van der Waals surface area contributed by atoms with Gasteiger partial charge in [-0.3, -0.25) is 0 Å².